The lowest BCUT2D eigenvalue weighted by molar-refractivity contribution is 0.0952. The second-order valence-corrected chi connectivity index (χ2v) is 5.36. The van der Waals surface area contributed by atoms with Gasteiger partial charge in [-0.1, -0.05) is 22.0 Å². The maximum absolute atomic E-state index is 12.0. The van der Waals surface area contributed by atoms with E-state index in [1.807, 2.05) is 0 Å². The number of ether oxygens (including phenoxy) is 2. The molecule has 7 heteroatoms. The first-order chi connectivity index (χ1) is 11.1. The lowest BCUT2D eigenvalue weighted by Crippen LogP contribution is -2.17. The average molecular weight is 379 g/mol. The van der Waals surface area contributed by atoms with E-state index in [9.17, 15) is 9.90 Å². The third-order valence-corrected chi connectivity index (χ3v) is 3.50. The van der Waals surface area contributed by atoms with Crippen molar-refractivity contribution >= 4 is 28.1 Å². The Morgan fingerprint density at radius 1 is 1.26 bits per heavy atom. The number of para-hydroxylation sites is 1. The first-order valence-electron chi connectivity index (χ1n) is 6.59. The largest absolute Gasteiger partial charge is 0.507 e. The highest BCUT2D eigenvalue weighted by Gasteiger charge is 2.11. The smallest absolute Gasteiger partial charge is 0.275 e. The van der Waals surface area contributed by atoms with E-state index in [0.717, 1.165) is 0 Å². The number of nitrogens with one attached hydrogen (secondary N) is 1. The summed E-state index contributed by atoms with van der Waals surface area (Å²) in [6.45, 7) is 0. The van der Waals surface area contributed by atoms with Crippen LogP contribution in [0.2, 0.25) is 0 Å². The Kier molecular flexibility index (Phi) is 5.59. The van der Waals surface area contributed by atoms with E-state index in [-0.39, 0.29) is 11.3 Å². The van der Waals surface area contributed by atoms with E-state index in [4.69, 9.17) is 9.47 Å². The van der Waals surface area contributed by atoms with Crippen molar-refractivity contribution in [2.45, 2.75) is 0 Å². The molecular weight excluding hydrogens is 364 g/mol. The number of amides is 1. The summed E-state index contributed by atoms with van der Waals surface area (Å²) in [7, 11) is 3.06. The van der Waals surface area contributed by atoms with Crippen LogP contribution in [0.5, 0.6) is 17.2 Å². The molecule has 2 aromatic carbocycles. The first-order valence-corrected chi connectivity index (χ1v) is 7.39. The van der Waals surface area contributed by atoms with Crippen molar-refractivity contribution in [3.63, 3.8) is 0 Å². The second kappa shape index (κ2) is 7.64. The van der Waals surface area contributed by atoms with Crippen LogP contribution in [0.4, 0.5) is 0 Å². The predicted molar refractivity (Wildman–Crippen MR) is 90.4 cm³/mol. The first kappa shape index (κ1) is 16.8. The topological polar surface area (TPSA) is 80.2 Å². The van der Waals surface area contributed by atoms with Gasteiger partial charge in [0.2, 0.25) is 0 Å². The molecule has 0 bridgehead atoms. The van der Waals surface area contributed by atoms with Gasteiger partial charge in [0, 0.05) is 10.0 Å². The minimum Gasteiger partial charge on any atom is -0.507 e. The molecule has 2 rings (SSSR count). The summed E-state index contributed by atoms with van der Waals surface area (Å²) in [6.07, 6.45) is 1.44. The molecule has 2 N–H and O–H groups in total. The summed E-state index contributed by atoms with van der Waals surface area (Å²) in [5.41, 5.74) is 3.13. The zero-order valence-electron chi connectivity index (χ0n) is 12.5. The molecule has 0 heterocycles. The van der Waals surface area contributed by atoms with Crippen LogP contribution in [0.25, 0.3) is 0 Å². The number of benzene rings is 2. The molecule has 0 aliphatic heterocycles. The van der Waals surface area contributed by atoms with Crippen molar-refractivity contribution in [3.05, 3.63) is 52.0 Å². The third-order valence-electron chi connectivity index (χ3n) is 3.01. The zero-order valence-corrected chi connectivity index (χ0v) is 14.1. The average Bonchev–Trinajstić information content (AvgIpc) is 2.54. The number of methoxy groups -OCH3 is 2. The van der Waals surface area contributed by atoms with Crippen LogP contribution in [0.3, 0.4) is 0 Å². The molecule has 120 valence electrons. The van der Waals surface area contributed by atoms with Crippen LogP contribution in [-0.2, 0) is 0 Å². The quantitative estimate of drug-likeness (QED) is 0.619. The Hall–Kier alpha value is -2.54. The Morgan fingerprint density at radius 3 is 2.70 bits per heavy atom. The molecule has 6 nitrogen and oxygen atoms in total. The highest BCUT2D eigenvalue weighted by Crippen LogP contribution is 2.29. The maximum Gasteiger partial charge on any atom is 0.275 e. The van der Waals surface area contributed by atoms with Gasteiger partial charge in [-0.05, 0) is 30.3 Å². The number of halogens is 1. The molecule has 0 spiro atoms. The monoisotopic (exact) mass is 378 g/mol. The number of aromatic hydroxyl groups is 1. The summed E-state index contributed by atoms with van der Waals surface area (Å²) in [6, 6.07) is 9.90. The summed E-state index contributed by atoms with van der Waals surface area (Å²) in [4.78, 5) is 12.0. The predicted octanol–water partition coefficient (Wildman–Crippen LogP) is 2.94. The van der Waals surface area contributed by atoms with Crippen LogP contribution >= 0.6 is 15.9 Å². The van der Waals surface area contributed by atoms with Gasteiger partial charge in [-0.25, -0.2) is 5.43 Å². The van der Waals surface area contributed by atoms with Gasteiger partial charge in [-0.2, -0.15) is 5.10 Å². The van der Waals surface area contributed by atoms with Crippen molar-refractivity contribution in [3.8, 4) is 17.2 Å². The number of rotatable bonds is 5. The Labute approximate surface area is 141 Å². The van der Waals surface area contributed by atoms with Crippen molar-refractivity contribution in [2.75, 3.05) is 14.2 Å². The van der Waals surface area contributed by atoms with Crippen molar-refractivity contribution in [1.29, 1.82) is 0 Å². The van der Waals surface area contributed by atoms with E-state index in [1.165, 1.54) is 32.6 Å². The minimum absolute atomic E-state index is 0.128. The molecule has 0 unspecified atom stereocenters. The van der Waals surface area contributed by atoms with Crippen LogP contribution in [0.1, 0.15) is 15.9 Å². The fraction of sp³-hybridized carbons (Fsp3) is 0.125. The van der Waals surface area contributed by atoms with Crippen LogP contribution in [-0.4, -0.2) is 31.4 Å². The number of nitrogens with zero attached hydrogens (tertiary/aromatic N) is 1. The van der Waals surface area contributed by atoms with Gasteiger partial charge in [-0.15, -0.1) is 0 Å². The standard InChI is InChI=1S/C16H15BrN2O4/c1-22-14-5-3-4-10(15(14)23-2)9-18-19-16(21)12-7-6-11(17)8-13(12)20/h3-9,20H,1-2H3,(H,19,21)/b18-9+. The van der Waals surface area contributed by atoms with Gasteiger partial charge in [0.15, 0.2) is 11.5 Å². The van der Waals surface area contributed by atoms with Crippen LogP contribution in [0, 0.1) is 0 Å². The highest BCUT2D eigenvalue weighted by atomic mass is 79.9. The molecule has 1 amide bonds. The lowest BCUT2D eigenvalue weighted by atomic mass is 10.2. The van der Waals surface area contributed by atoms with E-state index >= 15 is 0 Å². The van der Waals surface area contributed by atoms with Gasteiger partial charge < -0.3 is 14.6 Å². The second-order valence-electron chi connectivity index (χ2n) is 4.44. The molecule has 2 aromatic rings. The van der Waals surface area contributed by atoms with E-state index < -0.39 is 5.91 Å². The molecule has 0 aliphatic rings. The SMILES string of the molecule is COc1cccc(/C=N/NC(=O)c2ccc(Br)cc2O)c1OC. The number of carbonyl (C=O) groups is 1. The highest BCUT2D eigenvalue weighted by molar-refractivity contribution is 9.10. The minimum atomic E-state index is -0.520. The van der Waals surface area contributed by atoms with Crippen LogP contribution in [0.15, 0.2) is 46.0 Å². The number of phenols is 1. The summed E-state index contributed by atoms with van der Waals surface area (Å²) < 4.78 is 11.1. The molecule has 0 fully saturated rings. The Morgan fingerprint density at radius 2 is 2.04 bits per heavy atom. The normalized spacial score (nSPS) is 10.6. The summed E-state index contributed by atoms with van der Waals surface area (Å²) in [5, 5.41) is 13.6. The molecular formula is C16H15BrN2O4. The molecule has 0 radical (unpaired) electrons. The number of phenolic OH excluding ortho intramolecular Hbond substituents is 1. The van der Waals surface area contributed by atoms with Gasteiger partial charge >= 0.3 is 0 Å². The van der Waals surface area contributed by atoms with E-state index in [0.29, 0.717) is 21.5 Å². The summed E-state index contributed by atoms with van der Waals surface area (Å²) in [5.74, 6) is 0.423. The number of hydrazone groups is 1. The Bertz CT molecular complexity index is 747. The van der Waals surface area contributed by atoms with Gasteiger partial charge in [0.25, 0.3) is 5.91 Å². The van der Waals surface area contributed by atoms with E-state index in [1.54, 1.807) is 24.3 Å². The maximum atomic E-state index is 12.0. The molecule has 0 saturated heterocycles. The zero-order chi connectivity index (χ0) is 16.8. The molecule has 0 saturated carbocycles. The van der Waals surface area contributed by atoms with Crippen molar-refractivity contribution < 1.29 is 19.4 Å². The molecule has 0 aromatic heterocycles. The third kappa shape index (κ3) is 4.01. The molecule has 23 heavy (non-hydrogen) atoms. The lowest BCUT2D eigenvalue weighted by Gasteiger charge is -2.09. The van der Waals surface area contributed by atoms with Gasteiger partial charge in [-0.3, -0.25) is 4.79 Å². The number of hydrogen-bond acceptors (Lipinski definition) is 5. The summed E-state index contributed by atoms with van der Waals surface area (Å²) >= 11 is 3.21. The van der Waals surface area contributed by atoms with Crippen molar-refractivity contribution in [1.82, 2.24) is 5.43 Å². The Balaban J connectivity index is 2.14. The van der Waals surface area contributed by atoms with E-state index in [2.05, 4.69) is 26.5 Å². The van der Waals surface area contributed by atoms with Gasteiger partial charge in [0.05, 0.1) is 26.0 Å². The number of carbonyl (C=O) groups excluding carboxylic acids is 1. The van der Waals surface area contributed by atoms with Gasteiger partial charge in [0.1, 0.15) is 5.75 Å². The fourth-order valence-electron chi connectivity index (χ4n) is 1.93. The fourth-order valence-corrected chi connectivity index (χ4v) is 2.28. The number of hydrogen-bond donors (Lipinski definition) is 2. The van der Waals surface area contributed by atoms with Crippen LogP contribution < -0.4 is 14.9 Å². The molecule has 0 atom stereocenters. The van der Waals surface area contributed by atoms with Crippen molar-refractivity contribution in [2.24, 2.45) is 5.10 Å². The molecule has 0 aliphatic carbocycles.